The minimum absolute atomic E-state index is 0.525. The highest BCUT2D eigenvalue weighted by Crippen LogP contribution is 2.15. The molecule has 0 aliphatic carbocycles. The van der Waals surface area contributed by atoms with Gasteiger partial charge >= 0.3 is 0 Å². The molecule has 2 nitrogen and oxygen atoms in total. The van der Waals surface area contributed by atoms with E-state index in [9.17, 15) is 0 Å². The number of unbranched alkanes of at least 4 members (excludes halogenated alkanes) is 1. The highest BCUT2D eigenvalue weighted by Gasteiger charge is 2.15. The van der Waals surface area contributed by atoms with Crippen LogP contribution in [0.3, 0.4) is 0 Å². The maximum Gasteiger partial charge on any atom is 0.0870 e. The molecule has 0 spiro atoms. The lowest BCUT2D eigenvalue weighted by atomic mass is 9.98. The smallest absolute Gasteiger partial charge is 0.0870 e. The van der Waals surface area contributed by atoms with E-state index in [4.69, 9.17) is 18.0 Å². The van der Waals surface area contributed by atoms with Crippen LogP contribution in [0, 0.1) is 5.92 Å². The number of nitrogens with zero attached hydrogens (tertiary/aromatic N) is 1. The molecule has 2 N–H and O–H groups in total. The van der Waals surface area contributed by atoms with Crippen LogP contribution in [0.1, 0.15) is 53.4 Å². The van der Waals surface area contributed by atoms with Gasteiger partial charge < -0.3 is 5.73 Å². The topological polar surface area (TPSA) is 29.3 Å². The Morgan fingerprint density at radius 1 is 1.31 bits per heavy atom. The van der Waals surface area contributed by atoms with Gasteiger partial charge in [0.25, 0.3) is 0 Å². The van der Waals surface area contributed by atoms with Crippen molar-refractivity contribution in [2.24, 2.45) is 11.7 Å². The van der Waals surface area contributed by atoms with Gasteiger partial charge in [0.1, 0.15) is 0 Å². The van der Waals surface area contributed by atoms with Crippen LogP contribution in [-0.4, -0.2) is 29.0 Å². The normalized spacial score (nSPS) is 13.4. The third-order valence-corrected chi connectivity index (χ3v) is 3.25. The lowest BCUT2D eigenvalue weighted by molar-refractivity contribution is 0.203. The maximum absolute atomic E-state index is 5.64. The minimum Gasteiger partial charge on any atom is -0.392 e. The molecule has 0 saturated carbocycles. The Labute approximate surface area is 107 Å². The number of rotatable bonds is 9. The molecule has 0 amide bonds. The second-order valence-corrected chi connectivity index (χ2v) is 5.43. The predicted octanol–water partition coefficient (Wildman–Crippen LogP) is 3.20. The number of thiocarbonyl (C=S) groups is 1. The van der Waals surface area contributed by atoms with Crippen LogP contribution >= 0.6 is 12.2 Å². The van der Waals surface area contributed by atoms with Gasteiger partial charge in [-0.2, -0.15) is 0 Å². The van der Waals surface area contributed by atoms with Crippen LogP contribution < -0.4 is 5.73 Å². The first kappa shape index (κ1) is 15.9. The van der Waals surface area contributed by atoms with Gasteiger partial charge in [0.2, 0.25) is 0 Å². The van der Waals surface area contributed by atoms with E-state index in [2.05, 4.69) is 32.6 Å². The molecule has 0 aromatic carbocycles. The fraction of sp³-hybridized carbons (Fsp3) is 0.923. The zero-order chi connectivity index (χ0) is 12.6. The standard InChI is InChI=1S/C13H28N2S/c1-5-7-8-12(6-2)9-15(11(3)4)10-13(14)16/h11-12H,5-10H2,1-4H3,(H2,14,16). The summed E-state index contributed by atoms with van der Waals surface area (Å²) in [5.41, 5.74) is 5.64. The summed E-state index contributed by atoms with van der Waals surface area (Å²) in [6.07, 6.45) is 5.19. The summed E-state index contributed by atoms with van der Waals surface area (Å²) in [4.78, 5) is 3.01. The van der Waals surface area contributed by atoms with Crippen LogP contribution in [0.25, 0.3) is 0 Å². The van der Waals surface area contributed by atoms with E-state index in [0.29, 0.717) is 11.0 Å². The van der Waals surface area contributed by atoms with Crippen molar-refractivity contribution in [2.75, 3.05) is 13.1 Å². The van der Waals surface area contributed by atoms with Crippen LogP contribution in [0.4, 0.5) is 0 Å². The second kappa shape index (κ2) is 8.94. The summed E-state index contributed by atoms with van der Waals surface area (Å²) in [5.74, 6) is 0.789. The summed E-state index contributed by atoms with van der Waals surface area (Å²) in [6.45, 7) is 10.8. The quantitative estimate of drug-likeness (QED) is 0.632. The first-order valence-electron chi connectivity index (χ1n) is 6.53. The number of hydrogen-bond acceptors (Lipinski definition) is 2. The van der Waals surface area contributed by atoms with Gasteiger partial charge in [-0.3, -0.25) is 4.90 Å². The third-order valence-electron chi connectivity index (χ3n) is 3.13. The highest BCUT2D eigenvalue weighted by atomic mass is 32.1. The van der Waals surface area contributed by atoms with Gasteiger partial charge in [0, 0.05) is 19.1 Å². The van der Waals surface area contributed by atoms with Crippen molar-refractivity contribution in [1.29, 1.82) is 0 Å². The highest BCUT2D eigenvalue weighted by molar-refractivity contribution is 7.80. The van der Waals surface area contributed by atoms with Crippen LogP contribution in [0.5, 0.6) is 0 Å². The third kappa shape index (κ3) is 7.18. The van der Waals surface area contributed by atoms with Crippen molar-refractivity contribution in [3.8, 4) is 0 Å². The van der Waals surface area contributed by atoms with Gasteiger partial charge in [-0.25, -0.2) is 0 Å². The molecular weight excluding hydrogens is 216 g/mol. The molecule has 0 bridgehead atoms. The van der Waals surface area contributed by atoms with E-state index < -0.39 is 0 Å². The molecule has 0 radical (unpaired) electrons. The molecule has 1 atom stereocenters. The largest absolute Gasteiger partial charge is 0.392 e. The molecule has 0 aliphatic heterocycles. The zero-order valence-electron chi connectivity index (χ0n) is 11.3. The molecule has 0 aromatic rings. The van der Waals surface area contributed by atoms with E-state index >= 15 is 0 Å². The molecule has 0 fully saturated rings. The molecule has 0 aliphatic rings. The average Bonchev–Trinajstić information content (AvgIpc) is 2.21. The van der Waals surface area contributed by atoms with Crippen molar-refractivity contribution < 1.29 is 0 Å². The lowest BCUT2D eigenvalue weighted by Crippen LogP contribution is -2.40. The van der Waals surface area contributed by atoms with Crippen molar-refractivity contribution in [3.63, 3.8) is 0 Å². The summed E-state index contributed by atoms with van der Waals surface area (Å²) in [6, 6.07) is 0.525. The Balaban J connectivity index is 4.17. The monoisotopic (exact) mass is 244 g/mol. The van der Waals surface area contributed by atoms with E-state index in [0.717, 1.165) is 19.0 Å². The van der Waals surface area contributed by atoms with Gasteiger partial charge in [0.15, 0.2) is 0 Å². The first-order valence-corrected chi connectivity index (χ1v) is 6.94. The molecular formula is C13H28N2S. The fourth-order valence-electron chi connectivity index (χ4n) is 1.91. The van der Waals surface area contributed by atoms with Crippen molar-refractivity contribution in [1.82, 2.24) is 4.90 Å². The van der Waals surface area contributed by atoms with Crippen molar-refractivity contribution in [3.05, 3.63) is 0 Å². The van der Waals surface area contributed by atoms with Gasteiger partial charge in [-0.1, -0.05) is 45.3 Å². The van der Waals surface area contributed by atoms with E-state index in [1.54, 1.807) is 0 Å². The Morgan fingerprint density at radius 2 is 1.94 bits per heavy atom. The molecule has 16 heavy (non-hydrogen) atoms. The van der Waals surface area contributed by atoms with Gasteiger partial charge in [0.05, 0.1) is 4.99 Å². The van der Waals surface area contributed by atoms with E-state index in [1.807, 2.05) is 0 Å². The first-order chi connectivity index (χ1) is 7.51. The Bertz CT molecular complexity index is 192. The van der Waals surface area contributed by atoms with Gasteiger partial charge in [-0.05, 0) is 26.2 Å². The van der Waals surface area contributed by atoms with Crippen molar-refractivity contribution >= 4 is 17.2 Å². The second-order valence-electron chi connectivity index (χ2n) is 4.91. The minimum atomic E-state index is 0.525. The Hall–Kier alpha value is -0.150. The molecule has 0 saturated heterocycles. The fourth-order valence-corrected chi connectivity index (χ4v) is 2.07. The van der Waals surface area contributed by atoms with Crippen molar-refractivity contribution in [2.45, 2.75) is 59.4 Å². The average molecular weight is 244 g/mol. The molecule has 3 heteroatoms. The summed E-state index contributed by atoms with van der Waals surface area (Å²) >= 11 is 5.00. The Morgan fingerprint density at radius 3 is 2.31 bits per heavy atom. The van der Waals surface area contributed by atoms with Gasteiger partial charge in [-0.15, -0.1) is 0 Å². The van der Waals surface area contributed by atoms with Crippen LogP contribution in [0.15, 0.2) is 0 Å². The predicted molar refractivity (Wildman–Crippen MR) is 76.8 cm³/mol. The van der Waals surface area contributed by atoms with E-state index in [-0.39, 0.29) is 0 Å². The van der Waals surface area contributed by atoms with E-state index in [1.165, 1.54) is 25.7 Å². The lowest BCUT2D eigenvalue weighted by Gasteiger charge is -2.30. The maximum atomic E-state index is 5.64. The molecule has 96 valence electrons. The molecule has 1 unspecified atom stereocenters. The van der Waals surface area contributed by atoms with Crippen LogP contribution in [-0.2, 0) is 0 Å². The van der Waals surface area contributed by atoms with Crippen LogP contribution in [0.2, 0.25) is 0 Å². The SMILES string of the molecule is CCCCC(CC)CN(CC(N)=S)C(C)C. The number of nitrogens with two attached hydrogens (primary N) is 1. The molecule has 0 heterocycles. The zero-order valence-corrected chi connectivity index (χ0v) is 12.1. The summed E-state index contributed by atoms with van der Waals surface area (Å²) in [7, 11) is 0. The molecule has 0 rings (SSSR count). The molecule has 0 aromatic heterocycles. The number of hydrogen-bond donors (Lipinski definition) is 1. The summed E-state index contributed by atoms with van der Waals surface area (Å²) < 4.78 is 0. The summed E-state index contributed by atoms with van der Waals surface area (Å²) in [5, 5.41) is 0. The Kier molecular flexibility index (Phi) is 8.86.